The van der Waals surface area contributed by atoms with Crippen LogP contribution in [0.1, 0.15) is 48.0 Å². The van der Waals surface area contributed by atoms with E-state index in [-0.39, 0.29) is 11.9 Å². The van der Waals surface area contributed by atoms with Crippen molar-refractivity contribution in [1.82, 2.24) is 4.90 Å². The van der Waals surface area contributed by atoms with Gasteiger partial charge in [-0.05, 0) is 41.3 Å². The largest absolute Gasteiger partial charge is 0.467 e. The minimum absolute atomic E-state index is 0.103. The third-order valence-corrected chi connectivity index (χ3v) is 6.38. The summed E-state index contributed by atoms with van der Waals surface area (Å²) >= 11 is 0. The lowest BCUT2D eigenvalue weighted by atomic mass is 9.81. The molecule has 0 aromatic heterocycles. The third kappa shape index (κ3) is 4.34. The van der Waals surface area contributed by atoms with Crippen molar-refractivity contribution in [3.05, 3.63) is 83.9 Å². The molecule has 160 valence electrons. The number of ether oxygens (including phenoxy) is 1. The molecule has 31 heavy (non-hydrogen) atoms. The van der Waals surface area contributed by atoms with Gasteiger partial charge in [-0.3, -0.25) is 4.79 Å². The molecule has 4 heteroatoms. The van der Waals surface area contributed by atoms with Gasteiger partial charge in [0.25, 0.3) is 5.91 Å². The molecular weight excluding hydrogens is 386 g/mol. The highest BCUT2D eigenvalue weighted by Gasteiger charge is 2.47. The molecular formula is C27H29NO3. The van der Waals surface area contributed by atoms with Crippen molar-refractivity contribution < 1.29 is 14.3 Å². The van der Waals surface area contributed by atoms with E-state index in [2.05, 4.69) is 30.3 Å². The van der Waals surface area contributed by atoms with E-state index in [4.69, 9.17) is 4.74 Å². The fourth-order valence-electron chi connectivity index (χ4n) is 4.77. The first-order chi connectivity index (χ1) is 15.1. The quantitative estimate of drug-likeness (QED) is 0.536. The topological polar surface area (TPSA) is 46.6 Å². The van der Waals surface area contributed by atoms with Crippen molar-refractivity contribution in [2.45, 2.75) is 44.1 Å². The molecule has 0 aliphatic carbocycles. The van der Waals surface area contributed by atoms with E-state index in [9.17, 15) is 9.59 Å². The number of amides is 1. The molecule has 1 fully saturated rings. The number of likely N-dealkylation sites (tertiary alicyclic amines) is 1. The summed E-state index contributed by atoms with van der Waals surface area (Å²) in [5.74, 6) is -0.430. The van der Waals surface area contributed by atoms with Crippen LogP contribution in [-0.4, -0.2) is 36.0 Å². The van der Waals surface area contributed by atoms with Crippen LogP contribution in [0.4, 0.5) is 0 Å². The van der Waals surface area contributed by atoms with Crippen LogP contribution < -0.4 is 0 Å². The number of carbonyl (C=O) groups excluding carboxylic acids is 2. The zero-order valence-corrected chi connectivity index (χ0v) is 18.0. The van der Waals surface area contributed by atoms with Gasteiger partial charge >= 0.3 is 5.97 Å². The molecule has 1 heterocycles. The molecule has 1 aliphatic heterocycles. The number of carbonyl (C=O) groups is 2. The molecule has 0 unspecified atom stereocenters. The Hall–Kier alpha value is -3.14. The van der Waals surface area contributed by atoms with E-state index >= 15 is 0 Å². The monoisotopic (exact) mass is 415 g/mol. The number of nitrogens with zero attached hydrogens (tertiary/aromatic N) is 1. The third-order valence-electron chi connectivity index (χ3n) is 6.38. The maximum Gasteiger partial charge on any atom is 0.332 e. The van der Waals surface area contributed by atoms with Crippen molar-refractivity contribution in [2.24, 2.45) is 0 Å². The highest BCUT2D eigenvalue weighted by atomic mass is 16.5. The molecule has 3 aromatic rings. The molecule has 1 atom stereocenters. The van der Waals surface area contributed by atoms with Crippen LogP contribution in [0.15, 0.2) is 72.8 Å². The van der Waals surface area contributed by atoms with Gasteiger partial charge in [-0.15, -0.1) is 0 Å². The summed E-state index contributed by atoms with van der Waals surface area (Å²) in [4.78, 5) is 28.8. The van der Waals surface area contributed by atoms with E-state index in [1.165, 1.54) is 7.11 Å². The van der Waals surface area contributed by atoms with Crippen molar-refractivity contribution in [1.29, 1.82) is 0 Å². The van der Waals surface area contributed by atoms with Crippen LogP contribution in [0, 0.1) is 0 Å². The average Bonchev–Trinajstić information content (AvgIpc) is 2.80. The van der Waals surface area contributed by atoms with E-state index in [0.29, 0.717) is 24.9 Å². The van der Waals surface area contributed by atoms with Gasteiger partial charge in [-0.25, -0.2) is 4.79 Å². The van der Waals surface area contributed by atoms with Crippen LogP contribution in [0.5, 0.6) is 0 Å². The summed E-state index contributed by atoms with van der Waals surface area (Å²) in [7, 11) is 1.43. The second kappa shape index (κ2) is 9.34. The molecule has 0 saturated carbocycles. The first-order valence-electron chi connectivity index (χ1n) is 11.1. The average molecular weight is 416 g/mol. The Morgan fingerprint density at radius 1 is 0.871 bits per heavy atom. The number of esters is 1. The van der Waals surface area contributed by atoms with Gasteiger partial charge in [-0.1, -0.05) is 79.9 Å². The Kier molecular flexibility index (Phi) is 6.36. The second-order valence-corrected chi connectivity index (χ2v) is 8.37. The maximum absolute atomic E-state index is 13.6. The number of rotatable bonds is 4. The Morgan fingerprint density at radius 2 is 1.58 bits per heavy atom. The molecule has 0 bridgehead atoms. The molecule has 1 amide bonds. The molecule has 0 radical (unpaired) electrons. The predicted molar refractivity (Wildman–Crippen MR) is 123 cm³/mol. The van der Waals surface area contributed by atoms with Gasteiger partial charge in [-0.2, -0.15) is 0 Å². The lowest BCUT2D eigenvalue weighted by molar-refractivity contribution is -0.154. The predicted octanol–water partition coefficient (Wildman–Crippen LogP) is 5.40. The number of benzene rings is 3. The maximum atomic E-state index is 13.6. The minimum atomic E-state index is -1.01. The SMILES string of the molecule is COC(=O)[C@]1(Cc2ccc3ccccc3c2)CCCCCCN1C(=O)c1ccccc1. The summed E-state index contributed by atoms with van der Waals surface area (Å²) in [5, 5.41) is 2.29. The fraction of sp³-hybridized carbons (Fsp3) is 0.333. The lowest BCUT2D eigenvalue weighted by Crippen LogP contribution is -2.59. The highest BCUT2D eigenvalue weighted by molar-refractivity contribution is 5.98. The van der Waals surface area contributed by atoms with Crippen LogP contribution in [0.25, 0.3) is 10.8 Å². The zero-order valence-electron chi connectivity index (χ0n) is 18.0. The van der Waals surface area contributed by atoms with Crippen molar-refractivity contribution in [2.75, 3.05) is 13.7 Å². The van der Waals surface area contributed by atoms with Crippen LogP contribution in [0.2, 0.25) is 0 Å². The first-order valence-corrected chi connectivity index (χ1v) is 11.1. The van der Waals surface area contributed by atoms with Crippen molar-refractivity contribution in [3.8, 4) is 0 Å². The number of methoxy groups -OCH3 is 1. The molecule has 1 saturated heterocycles. The van der Waals surface area contributed by atoms with E-state index < -0.39 is 5.54 Å². The van der Waals surface area contributed by atoms with Crippen LogP contribution in [0.3, 0.4) is 0 Å². The van der Waals surface area contributed by atoms with Crippen LogP contribution in [-0.2, 0) is 16.0 Å². The second-order valence-electron chi connectivity index (χ2n) is 8.37. The molecule has 3 aromatic carbocycles. The molecule has 4 rings (SSSR count). The van der Waals surface area contributed by atoms with Gasteiger partial charge in [0.15, 0.2) is 0 Å². The van der Waals surface area contributed by atoms with Gasteiger partial charge in [0.05, 0.1) is 7.11 Å². The van der Waals surface area contributed by atoms with Gasteiger partial charge in [0.2, 0.25) is 0 Å². The Balaban J connectivity index is 1.78. The summed E-state index contributed by atoms with van der Waals surface area (Å²) in [6, 6.07) is 23.7. The Labute approximate surface area is 183 Å². The molecule has 0 N–H and O–H groups in total. The van der Waals surface area contributed by atoms with Crippen molar-refractivity contribution >= 4 is 22.6 Å². The fourth-order valence-corrected chi connectivity index (χ4v) is 4.77. The van der Waals surface area contributed by atoms with E-state index in [0.717, 1.165) is 42.0 Å². The standard InChI is InChI=1S/C27H29NO3/c1-31-26(30)27(20-21-15-16-22-11-7-8-14-24(22)19-21)17-9-2-3-10-18-28(27)25(29)23-12-5-4-6-13-23/h4-8,11-16,19H,2-3,9-10,17-18,20H2,1H3/t27-/m1/s1. The van der Waals surface area contributed by atoms with Crippen molar-refractivity contribution in [3.63, 3.8) is 0 Å². The normalized spacial score (nSPS) is 19.5. The Morgan fingerprint density at radius 3 is 2.35 bits per heavy atom. The summed E-state index contributed by atoms with van der Waals surface area (Å²) < 4.78 is 5.33. The highest BCUT2D eigenvalue weighted by Crippen LogP contribution is 2.34. The summed E-state index contributed by atoms with van der Waals surface area (Å²) in [6.45, 7) is 0.552. The molecule has 1 aliphatic rings. The van der Waals surface area contributed by atoms with Crippen LogP contribution >= 0.6 is 0 Å². The molecule has 0 spiro atoms. The summed E-state index contributed by atoms with van der Waals surface area (Å²) in [5.41, 5.74) is 0.635. The Bertz CT molecular complexity index is 1060. The van der Waals surface area contributed by atoms with Gasteiger partial charge in [0, 0.05) is 18.5 Å². The van der Waals surface area contributed by atoms with E-state index in [1.807, 2.05) is 42.5 Å². The number of hydrogen-bond donors (Lipinski definition) is 0. The zero-order chi connectivity index (χ0) is 21.7. The van der Waals surface area contributed by atoms with Gasteiger partial charge < -0.3 is 9.64 Å². The minimum Gasteiger partial charge on any atom is -0.467 e. The first kappa shape index (κ1) is 21.1. The lowest BCUT2D eigenvalue weighted by Gasteiger charge is -2.43. The molecule has 4 nitrogen and oxygen atoms in total. The number of fused-ring (bicyclic) bond motifs is 1. The number of hydrogen-bond acceptors (Lipinski definition) is 3. The van der Waals surface area contributed by atoms with Gasteiger partial charge in [0.1, 0.15) is 5.54 Å². The van der Waals surface area contributed by atoms with E-state index in [1.54, 1.807) is 4.90 Å². The smallest absolute Gasteiger partial charge is 0.332 e. The summed E-state index contributed by atoms with van der Waals surface area (Å²) in [6.07, 6.45) is 4.94.